The van der Waals surface area contributed by atoms with Crippen molar-refractivity contribution in [3.05, 3.63) is 30.3 Å². The van der Waals surface area contributed by atoms with E-state index in [1.807, 2.05) is 42.2 Å². The van der Waals surface area contributed by atoms with E-state index in [0.29, 0.717) is 26.1 Å². The minimum atomic E-state index is -0.749. The lowest BCUT2D eigenvalue weighted by Gasteiger charge is -2.33. The van der Waals surface area contributed by atoms with Gasteiger partial charge in [-0.15, -0.1) is 0 Å². The summed E-state index contributed by atoms with van der Waals surface area (Å²) in [6.07, 6.45) is 2.46. The van der Waals surface area contributed by atoms with Gasteiger partial charge in [0, 0.05) is 25.4 Å². The Balaban J connectivity index is 1.70. The first-order valence-corrected chi connectivity index (χ1v) is 8.24. The van der Waals surface area contributed by atoms with Crippen molar-refractivity contribution in [1.29, 1.82) is 0 Å². The summed E-state index contributed by atoms with van der Waals surface area (Å²) in [5.41, 5.74) is 0. The summed E-state index contributed by atoms with van der Waals surface area (Å²) >= 11 is 0. The number of para-hydroxylation sites is 1. The van der Waals surface area contributed by atoms with E-state index >= 15 is 0 Å². The van der Waals surface area contributed by atoms with Crippen LogP contribution < -0.4 is 4.74 Å². The van der Waals surface area contributed by atoms with E-state index in [1.165, 1.54) is 0 Å². The third-order valence-corrected chi connectivity index (χ3v) is 4.37. The van der Waals surface area contributed by atoms with Gasteiger partial charge in [0.1, 0.15) is 5.75 Å². The van der Waals surface area contributed by atoms with E-state index in [1.54, 1.807) is 0 Å². The van der Waals surface area contributed by atoms with Crippen LogP contribution in [0.3, 0.4) is 0 Å². The topological polar surface area (TPSA) is 66.8 Å². The lowest BCUT2D eigenvalue weighted by atomic mass is 9.92. The minimum Gasteiger partial charge on any atom is -0.494 e. The van der Waals surface area contributed by atoms with Crippen LogP contribution in [0.25, 0.3) is 0 Å². The van der Waals surface area contributed by atoms with Crippen LogP contribution in [-0.4, -0.2) is 41.6 Å². The number of hydrogen-bond donors (Lipinski definition) is 1. The molecular formula is C18H25NO4. The molecule has 23 heavy (non-hydrogen) atoms. The Hall–Kier alpha value is -2.04. The normalized spacial score (nSPS) is 16.8. The number of aliphatic carboxylic acids is 1. The molecule has 1 N–H and O–H groups in total. The summed E-state index contributed by atoms with van der Waals surface area (Å²) < 4.78 is 5.64. The van der Waals surface area contributed by atoms with Crippen molar-refractivity contribution < 1.29 is 19.4 Å². The lowest BCUT2D eigenvalue weighted by Crippen LogP contribution is -2.41. The molecule has 0 aliphatic carbocycles. The van der Waals surface area contributed by atoms with E-state index < -0.39 is 5.97 Å². The average molecular weight is 319 g/mol. The number of carbonyl (C=O) groups excluding carboxylic acids is 1. The summed E-state index contributed by atoms with van der Waals surface area (Å²) in [4.78, 5) is 25.0. The van der Waals surface area contributed by atoms with Gasteiger partial charge in [0.2, 0.25) is 5.91 Å². The molecule has 1 aromatic carbocycles. The molecule has 1 aliphatic rings. The first kappa shape index (κ1) is 17.3. The number of ether oxygens (including phenoxy) is 1. The highest BCUT2D eigenvalue weighted by atomic mass is 16.5. The smallest absolute Gasteiger partial charge is 0.303 e. The molecule has 5 heteroatoms. The van der Waals surface area contributed by atoms with Crippen LogP contribution in [0.4, 0.5) is 0 Å². The van der Waals surface area contributed by atoms with E-state index in [-0.39, 0.29) is 24.2 Å². The molecular weight excluding hydrogens is 294 g/mol. The molecule has 5 nitrogen and oxygen atoms in total. The van der Waals surface area contributed by atoms with Gasteiger partial charge in [-0.1, -0.05) is 25.1 Å². The number of rotatable bonds is 7. The molecule has 1 fully saturated rings. The maximum atomic E-state index is 12.4. The van der Waals surface area contributed by atoms with Gasteiger partial charge in [-0.05, 0) is 37.3 Å². The molecule has 1 unspecified atom stereocenters. The summed E-state index contributed by atoms with van der Waals surface area (Å²) in [7, 11) is 0. The molecule has 1 atom stereocenters. The molecule has 1 aromatic rings. The number of likely N-dealkylation sites (tertiary alicyclic amines) is 1. The zero-order chi connectivity index (χ0) is 16.7. The fourth-order valence-electron chi connectivity index (χ4n) is 2.91. The Morgan fingerprint density at radius 3 is 2.52 bits per heavy atom. The van der Waals surface area contributed by atoms with Crippen LogP contribution in [0.15, 0.2) is 30.3 Å². The number of nitrogens with zero attached hydrogens (tertiary/aromatic N) is 1. The molecule has 2 rings (SSSR count). The number of carboxylic acids is 1. The second kappa shape index (κ2) is 8.56. The van der Waals surface area contributed by atoms with Gasteiger partial charge < -0.3 is 14.7 Å². The van der Waals surface area contributed by atoms with Crippen molar-refractivity contribution in [3.8, 4) is 5.75 Å². The Morgan fingerprint density at radius 2 is 1.91 bits per heavy atom. The minimum absolute atomic E-state index is 0.0743. The van der Waals surface area contributed by atoms with Gasteiger partial charge in [0.05, 0.1) is 6.61 Å². The van der Waals surface area contributed by atoms with Crippen LogP contribution in [0, 0.1) is 11.8 Å². The second-order valence-corrected chi connectivity index (χ2v) is 6.22. The molecule has 1 saturated heterocycles. The summed E-state index contributed by atoms with van der Waals surface area (Å²) in [5, 5.41) is 8.83. The highest BCUT2D eigenvalue weighted by Gasteiger charge is 2.26. The van der Waals surface area contributed by atoms with E-state index in [4.69, 9.17) is 9.84 Å². The van der Waals surface area contributed by atoms with Crippen LogP contribution in [-0.2, 0) is 9.59 Å². The number of amides is 1. The number of piperidine rings is 1. The SMILES string of the molecule is CC(CCOc1ccccc1)C(=O)N1CCC(CC(=O)O)CC1. The van der Waals surface area contributed by atoms with Crippen molar-refractivity contribution >= 4 is 11.9 Å². The number of carbonyl (C=O) groups is 2. The van der Waals surface area contributed by atoms with Gasteiger partial charge >= 0.3 is 5.97 Å². The van der Waals surface area contributed by atoms with Gasteiger partial charge in [0.25, 0.3) is 0 Å². The maximum absolute atomic E-state index is 12.4. The van der Waals surface area contributed by atoms with Crippen molar-refractivity contribution in [2.24, 2.45) is 11.8 Å². The Morgan fingerprint density at radius 1 is 1.26 bits per heavy atom. The van der Waals surface area contributed by atoms with Crippen LogP contribution in [0.5, 0.6) is 5.75 Å². The monoisotopic (exact) mass is 319 g/mol. The molecule has 0 spiro atoms. The largest absolute Gasteiger partial charge is 0.494 e. The Bertz CT molecular complexity index is 509. The standard InChI is InChI=1S/C18H25NO4/c1-14(9-12-23-16-5-3-2-4-6-16)18(22)19-10-7-15(8-11-19)13-17(20)21/h2-6,14-15H,7-13H2,1H3,(H,20,21). The lowest BCUT2D eigenvalue weighted by molar-refractivity contribution is -0.139. The summed E-state index contributed by atoms with van der Waals surface area (Å²) in [6, 6.07) is 9.59. The summed E-state index contributed by atoms with van der Waals surface area (Å²) in [5.74, 6) is 0.348. The molecule has 0 saturated carbocycles. The maximum Gasteiger partial charge on any atom is 0.303 e. The van der Waals surface area contributed by atoms with Gasteiger partial charge in [-0.3, -0.25) is 9.59 Å². The quantitative estimate of drug-likeness (QED) is 0.839. The zero-order valence-corrected chi connectivity index (χ0v) is 13.6. The molecule has 1 amide bonds. The molecule has 1 heterocycles. The highest BCUT2D eigenvalue weighted by molar-refractivity contribution is 5.78. The zero-order valence-electron chi connectivity index (χ0n) is 13.6. The molecule has 0 bridgehead atoms. The summed E-state index contributed by atoms with van der Waals surface area (Å²) in [6.45, 7) is 3.79. The molecule has 126 valence electrons. The van der Waals surface area contributed by atoms with Crippen LogP contribution in [0.2, 0.25) is 0 Å². The van der Waals surface area contributed by atoms with Gasteiger partial charge in [-0.25, -0.2) is 0 Å². The van der Waals surface area contributed by atoms with E-state index in [9.17, 15) is 9.59 Å². The van der Waals surface area contributed by atoms with E-state index in [2.05, 4.69) is 0 Å². The Kier molecular flexibility index (Phi) is 6.44. The number of carboxylic acid groups (broad SMARTS) is 1. The third-order valence-electron chi connectivity index (χ3n) is 4.37. The first-order chi connectivity index (χ1) is 11.1. The third kappa shape index (κ3) is 5.58. The van der Waals surface area contributed by atoms with Gasteiger partial charge in [0.15, 0.2) is 0 Å². The molecule has 0 radical (unpaired) electrons. The van der Waals surface area contributed by atoms with Crippen LogP contribution >= 0.6 is 0 Å². The Labute approximate surface area is 137 Å². The molecule has 1 aliphatic heterocycles. The van der Waals surface area contributed by atoms with E-state index in [0.717, 1.165) is 18.6 Å². The number of hydrogen-bond acceptors (Lipinski definition) is 3. The fourth-order valence-corrected chi connectivity index (χ4v) is 2.91. The van der Waals surface area contributed by atoms with Crippen molar-refractivity contribution in [1.82, 2.24) is 4.90 Å². The number of benzene rings is 1. The van der Waals surface area contributed by atoms with Crippen LogP contribution in [0.1, 0.15) is 32.6 Å². The predicted molar refractivity (Wildman–Crippen MR) is 87.3 cm³/mol. The predicted octanol–water partition coefficient (Wildman–Crippen LogP) is 2.80. The fraction of sp³-hybridized carbons (Fsp3) is 0.556. The average Bonchev–Trinajstić information content (AvgIpc) is 2.55. The van der Waals surface area contributed by atoms with Crippen molar-refractivity contribution in [3.63, 3.8) is 0 Å². The van der Waals surface area contributed by atoms with Crippen molar-refractivity contribution in [2.75, 3.05) is 19.7 Å². The molecule has 0 aromatic heterocycles. The second-order valence-electron chi connectivity index (χ2n) is 6.22. The highest BCUT2D eigenvalue weighted by Crippen LogP contribution is 2.22. The van der Waals surface area contributed by atoms with Crippen molar-refractivity contribution in [2.45, 2.75) is 32.6 Å². The first-order valence-electron chi connectivity index (χ1n) is 8.24. The van der Waals surface area contributed by atoms with Gasteiger partial charge in [-0.2, -0.15) is 0 Å².